The summed E-state index contributed by atoms with van der Waals surface area (Å²) in [4.78, 5) is 0. The van der Waals surface area contributed by atoms with E-state index in [2.05, 4.69) is 0 Å². The molecule has 0 radical (unpaired) electrons. The fourth-order valence-corrected chi connectivity index (χ4v) is 1.31. The summed E-state index contributed by atoms with van der Waals surface area (Å²) >= 11 is 0. The van der Waals surface area contributed by atoms with Crippen molar-refractivity contribution in [2.75, 3.05) is 11.5 Å². The molecule has 0 unspecified atom stereocenters. The molecular formula is C12H13N3. The SMILES string of the molecule is CC#N.Nc1ccc2ccccc2c1N. The fourth-order valence-electron chi connectivity index (χ4n) is 1.31. The average molecular weight is 199 g/mol. The van der Waals surface area contributed by atoms with Gasteiger partial charge in [-0.1, -0.05) is 30.3 Å². The Labute approximate surface area is 88.9 Å². The molecule has 3 heteroatoms. The Balaban J connectivity index is 0.000000337. The van der Waals surface area contributed by atoms with Crippen LogP contribution >= 0.6 is 0 Å². The highest BCUT2D eigenvalue weighted by atomic mass is 14.7. The Hall–Kier alpha value is -2.21. The predicted octanol–water partition coefficient (Wildman–Crippen LogP) is 2.53. The summed E-state index contributed by atoms with van der Waals surface area (Å²) in [6, 6.07) is 13.5. The minimum atomic E-state index is 0.647. The molecule has 0 heterocycles. The smallest absolute Gasteiger partial charge is 0.0627 e. The normalized spacial score (nSPS) is 8.80. The third-order valence-electron chi connectivity index (χ3n) is 2.00. The maximum absolute atomic E-state index is 7.32. The van der Waals surface area contributed by atoms with Crippen LogP contribution in [0, 0.1) is 11.3 Å². The lowest BCUT2D eigenvalue weighted by Gasteiger charge is -2.03. The fraction of sp³-hybridized carbons (Fsp3) is 0.0833. The number of fused-ring (bicyclic) bond motifs is 1. The molecule has 4 N–H and O–H groups in total. The molecule has 0 amide bonds. The van der Waals surface area contributed by atoms with Crippen LogP contribution in [0.25, 0.3) is 10.8 Å². The molecule has 0 aliphatic rings. The van der Waals surface area contributed by atoms with Crippen LogP contribution in [-0.2, 0) is 0 Å². The summed E-state index contributed by atoms with van der Waals surface area (Å²) < 4.78 is 0. The average Bonchev–Trinajstić information content (AvgIpc) is 2.25. The summed E-state index contributed by atoms with van der Waals surface area (Å²) in [6.45, 7) is 1.43. The monoisotopic (exact) mass is 199 g/mol. The largest absolute Gasteiger partial charge is 0.397 e. The molecule has 0 atom stereocenters. The summed E-state index contributed by atoms with van der Waals surface area (Å²) in [6.07, 6.45) is 0. The van der Waals surface area contributed by atoms with Gasteiger partial charge in [-0.3, -0.25) is 0 Å². The lowest BCUT2D eigenvalue weighted by atomic mass is 10.1. The number of nitrogen functional groups attached to an aromatic ring is 2. The van der Waals surface area contributed by atoms with Gasteiger partial charge in [0.2, 0.25) is 0 Å². The van der Waals surface area contributed by atoms with Gasteiger partial charge in [0.15, 0.2) is 0 Å². The van der Waals surface area contributed by atoms with Crippen molar-refractivity contribution in [2.45, 2.75) is 6.92 Å². The van der Waals surface area contributed by atoms with Gasteiger partial charge >= 0.3 is 0 Å². The maximum atomic E-state index is 7.32. The highest BCUT2D eigenvalue weighted by Crippen LogP contribution is 2.25. The number of nitriles is 1. The number of nitrogens with two attached hydrogens (primary N) is 2. The van der Waals surface area contributed by atoms with Gasteiger partial charge in [0.05, 0.1) is 17.4 Å². The second kappa shape index (κ2) is 4.87. The lowest BCUT2D eigenvalue weighted by Crippen LogP contribution is -1.94. The highest BCUT2D eigenvalue weighted by Gasteiger charge is 1.98. The zero-order valence-electron chi connectivity index (χ0n) is 8.57. The van der Waals surface area contributed by atoms with Crippen molar-refractivity contribution in [3.8, 4) is 6.07 Å². The van der Waals surface area contributed by atoms with E-state index in [4.69, 9.17) is 16.7 Å². The minimum Gasteiger partial charge on any atom is -0.397 e. The number of anilines is 2. The van der Waals surface area contributed by atoms with Crippen LogP contribution < -0.4 is 11.5 Å². The molecule has 0 saturated heterocycles. The number of benzene rings is 2. The van der Waals surface area contributed by atoms with Gasteiger partial charge in [0.25, 0.3) is 0 Å². The molecule has 0 aromatic heterocycles. The van der Waals surface area contributed by atoms with E-state index in [1.54, 1.807) is 6.07 Å². The van der Waals surface area contributed by atoms with E-state index >= 15 is 0 Å². The van der Waals surface area contributed by atoms with Gasteiger partial charge < -0.3 is 11.5 Å². The summed E-state index contributed by atoms with van der Waals surface area (Å²) in [5.41, 5.74) is 12.8. The summed E-state index contributed by atoms with van der Waals surface area (Å²) in [5.74, 6) is 0. The predicted molar refractivity (Wildman–Crippen MR) is 64.1 cm³/mol. The standard InChI is InChI=1S/C10H10N2.C2H3N/c11-9-6-5-7-3-1-2-4-8(7)10(9)12;1-2-3/h1-6H,11-12H2;1H3. The quantitative estimate of drug-likeness (QED) is 0.640. The molecule has 15 heavy (non-hydrogen) atoms. The Morgan fingerprint density at radius 2 is 1.67 bits per heavy atom. The van der Waals surface area contributed by atoms with Crippen molar-refractivity contribution in [3.05, 3.63) is 36.4 Å². The first-order valence-corrected chi connectivity index (χ1v) is 4.54. The van der Waals surface area contributed by atoms with E-state index in [1.165, 1.54) is 6.92 Å². The molecule has 2 aromatic rings. The van der Waals surface area contributed by atoms with Crippen LogP contribution in [0.4, 0.5) is 11.4 Å². The molecule has 2 rings (SSSR count). The number of hydrogen-bond acceptors (Lipinski definition) is 3. The van der Waals surface area contributed by atoms with Crippen LogP contribution in [0.15, 0.2) is 36.4 Å². The van der Waals surface area contributed by atoms with Gasteiger partial charge in [0.1, 0.15) is 0 Å². The van der Waals surface area contributed by atoms with E-state index in [1.807, 2.05) is 36.4 Å². The molecule has 0 spiro atoms. The third kappa shape index (κ3) is 2.38. The van der Waals surface area contributed by atoms with Crippen molar-refractivity contribution in [2.24, 2.45) is 0 Å². The molecule has 0 aliphatic heterocycles. The summed E-state index contributed by atoms with van der Waals surface area (Å²) in [5, 5.41) is 9.47. The second-order valence-corrected chi connectivity index (χ2v) is 3.01. The zero-order valence-corrected chi connectivity index (χ0v) is 8.57. The molecule has 0 aliphatic carbocycles. The topological polar surface area (TPSA) is 75.8 Å². The van der Waals surface area contributed by atoms with Crippen molar-refractivity contribution in [1.82, 2.24) is 0 Å². The Bertz CT molecular complexity index is 498. The van der Waals surface area contributed by atoms with Crippen LogP contribution in [-0.4, -0.2) is 0 Å². The van der Waals surface area contributed by atoms with E-state index in [-0.39, 0.29) is 0 Å². The van der Waals surface area contributed by atoms with E-state index in [0.717, 1.165) is 10.8 Å². The number of nitrogens with zero attached hydrogens (tertiary/aromatic N) is 1. The van der Waals surface area contributed by atoms with E-state index in [0.29, 0.717) is 11.4 Å². The molecule has 76 valence electrons. The Morgan fingerprint density at radius 3 is 2.33 bits per heavy atom. The summed E-state index contributed by atoms with van der Waals surface area (Å²) in [7, 11) is 0. The van der Waals surface area contributed by atoms with Crippen LogP contribution in [0.5, 0.6) is 0 Å². The number of rotatable bonds is 0. The van der Waals surface area contributed by atoms with Gasteiger partial charge in [-0.25, -0.2) is 0 Å². The van der Waals surface area contributed by atoms with Crippen LogP contribution in [0.3, 0.4) is 0 Å². The first kappa shape index (κ1) is 10.9. The molecule has 0 bridgehead atoms. The molecular weight excluding hydrogens is 186 g/mol. The lowest BCUT2D eigenvalue weighted by molar-refractivity contribution is 1.49. The van der Waals surface area contributed by atoms with Crippen molar-refractivity contribution < 1.29 is 0 Å². The minimum absolute atomic E-state index is 0.647. The third-order valence-corrected chi connectivity index (χ3v) is 2.00. The molecule has 0 saturated carbocycles. The van der Waals surface area contributed by atoms with E-state index < -0.39 is 0 Å². The van der Waals surface area contributed by atoms with E-state index in [9.17, 15) is 0 Å². The first-order chi connectivity index (χ1) is 7.20. The van der Waals surface area contributed by atoms with Gasteiger partial charge in [0, 0.05) is 12.3 Å². The van der Waals surface area contributed by atoms with Crippen molar-refractivity contribution in [3.63, 3.8) is 0 Å². The molecule has 3 nitrogen and oxygen atoms in total. The molecule has 2 aromatic carbocycles. The van der Waals surface area contributed by atoms with Gasteiger partial charge in [-0.2, -0.15) is 5.26 Å². The maximum Gasteiger partial charge on any atom is 0.0627 e. The van der Waals surface area contributed by atoms with Crippen LogP contribution in [0.2, 0.25) is 0 Å². The van der Waals surface area contributed by atoms with Crippen LogP contribution in [0.1, 0.15) is 6.92 Å². The zero-order chi connectivity index (χ0) is 11.3. The van der Waals surface area contributed by atoms with Gasteiger partial charge in [-0.05, 0) is 11.5 Å². The Kier molecular flexibility index (Phi) is 3.53. The van der Waals surface area contributed by atoms with Crippen molar-refractivity contribution >= 4 is 22.1 Å². The molecule has 0 fully saturated rings. The first-order valence-electron chi connectivity index (χ1n) is 4.54. The highest BCUT2D eigenvalue weighted by molar-refractivity contribution is 5.98. The number of hydrogen-bond donors (Lipinski definition) is 2. The second-order valence-electron chi connectivity index (χ2n) is 3.01. The Morgan fingerprint density at radius 1 is 1.07 bits per heavy atom. The van der Waals surface area contributed by atoms with Crippen molar-refractivity contribution in [1.29, 1.82) is 5.26 Å². The van der Waals surface area contributed by atoms with Gasteiger partial charge in [-0.15, -0.1) is 0 Å².